The summed E-state index contributed by atoms with van der Waals surface area (Å²) in [4.78, 5) is 26.7. The number of aryl methyl sites for hydroxylation is 1. The van der Waals surface area contributed by atoms with E-state index in [1.807, 2.05) is 24.3 Å². The lowest BCUT2D eigenvalue weighted by molar-refractivity contribution is -0.118. The summed E-state index contributed by atoms with van der Waals surface area (Å²) in [6.45, 7) is 0.426. The fourth-order valence-electron chi connectivity index (χ4n) is 3.27. The van der Waals surface area contributed by atoms with Crippen LogP contribution in [0.15, 0.2) is 47.3 Å². The first-order valence-electron chi connectivity index (χ1n) is 8.27. The average molecular weight is 353 g/mol. The lowest BCUT2D eigenvalue weighted by Crippen LogP contribution is -2.16. The molecule has 4 nitrogen and oxygen atoms in total. The van der Waals surface area contributed by atoms with E-state index in [0.717, 1.165) is 28.6 Å². The average Bonchev–Trinajstić information content (AvgIpc) is 2.60. The number of aromatic amines is 1. The number of benzene rings is 2. The molecule has 0 spiro atoms. The Labute approximate surface area is 149 Å². The topological polar surface area (TPSA) is 62.0 Å². The van der Waals surface area contributed by atoms with Crippen LogP contribution in [0.25, 0.3) is 10.9 Å². The number of halogens is 1. The number of ketones is 1. The smallest absolute Gasteiger partial charge is 0.253 e. The Morgan fingerprint density at radius 2 is 1.88 bits per heavy atom. The number of hydrogen-bond donors (Lipinski definition) is 2. The van der Waals surface area contributed by atoms with Gasteiger partial charge in [-0.25, -0.2) is 0 Å². The van der Waals surface area contributed by atoms with Crippen LogP contribution in [0, 0.1) is 0 Å². The SMILES string of the molecule is O=C1CCc2cc(NCc3cc4cc(Cl)ccc4[nH]c3=O)ccc2C1. The summed E-state index contributed by atoms with van der Waals surface area (Å²) in [5.41, 5.74) is 4.60. The molecule has 0 fully saturated rings. The zero-order chi connectivity index (χ0) is 17.4. The Bertz CT molecular complexity index is 1040. The Morgan fingerprint density at radius 1 is 1.00 bits per heavy atom. The molecule has 1 aliphatic carbocycles. The van der Waals surface area contributed by atoms with Crippen molar-refractivity contribution in [2.75, 3.05) is 5.32 Å². The standard InChI is InChI=1S/C20H17ClN2O2/c21-16-3-6-19-14(8-16)7-15(20(25)23-19)11-22-17-4-1-13-10-18(24)5-2-12(13)9-17/h1,3-4,6-9,22H,2,5,10-11H2,(H,23,25). The van der Waals surface area contributed by atoms with Crippen molar-refractivity contribution in [1.82, 2.24) is 4.98 Å². The molecule has 0 bridgehead atoms. The van der Waals surface area contributed by atoms with Gasteiger partial charge >= 0.3 is 0 Å². The number of Topliss-reactive ketones (excluding diaryl/α,β-unsaturated/α-hetero) is 1. The van der Waals surface area contributed by atoms with E-state index in [1.165, 1.54) is 5.56 Å². The van der Waals surface area contributed by atoms with Gasteiger partial charge in [0, 0.05) is 46.6 Å². The van der Waals surface area contributed by atoms with E-state index >= 15 is 0 Å². The van der Waals surface area contributed by atoms with Crippen LogP contribution >= 0.6 is 11.6 Å². The molecule has 1 aliphatic rings. The van der Waals surface area contributed by atoms with Crippen LogP contribution in [0.1, 0.15) is 23.1 Å². The van der Waals surface area contributed by atoms with Crippen molar-refractivity contribution in [1.29, 1.82) is 0 Å². The van der Waals surface area contributed by atoms with Gasteiger partial charge < -0.3 is 10.3 Å². The molecule has 4 rings (SSSR count). The van der Waals surface area contributed by atoms with Gasteiger partial charge in [0.05, 0.1) is 0 Å². The second-order valence-corrected chi connectivity index (χ2v) is 6.84. The van der Waals surface area contributed by atoms with Crippen LogP contribution in [0.3, 0.4) is 0 Å². The van der Waals surface area contributed by atoms with Gasteiger partial charge in [-0.3, -0.25) is 9.59 Å². The van der Waals surface area contributed by atoms with Crippen molar-refractivity contribution < 1.29 is 4.79 Å². The largest absolute Gasteiger partial charge is 0.381 e. The summed E-state index contributed by atoms with van der Waals surface area (Å²) in [6.07, 6.45) is 1.93. The summed E-state index contributed by atoms with van der Waals surface area (Å²) in [7, 11) is 0. The summed E-state index contributed by atoms with van der Waals surface area (Å²) in [5, 5.41) is 4.86. The molecule has 0 amide bonds. The number of rotatable bonds is 3. The van der Waals surface area contributed by atoms with Crippen LogP contribution < -0.4 is 10.9 Å². The van der Waals surface area contributed by atoms with E-state index in [1.54, 1.807) is 12.1 Å². The highest BCUT2D eigenvalue weighted by Crippen LogP contribution is 2.23. The number of aromatic nitrogens is 1. The summed E-state index contributed by atoms with van der Waals surface area (Å²) < 4.78 is 0. The molecular formula is C20H17ClN2O2. The zero-order valence-corrected chi connectivity index (χ0v) is 14.3. The van der Waals surface area contributed by atoms with Crippen molar-refractivity contribution in [3.63, 3.8) is 0 Å². The van der Waals surface area contributed by atoms with Crippen molar-refractivity contribution in [2.24, 2.45) is 0 Å². The fourth-order valence-corrected chi connectivity index (χ4v) is 3.45. The number of anilines is 1. The van der Waals surface area contributed by atoms with Gasteiger partial charge in [0.25, 0.3) is 5.56 Å². The lowest BCUT2D eigenvalue weighted by atomic mass is 9.90. The number of fused-ring (bicyclic) bond motifs is 2. The van der Waals surface area contributed by atoms with E-state index in [-0.39, 0.29) is 5.56 Å². The Balaban J connectivity index is 1.57. The van der Waals surface area contributed by atoms with E-state index in [2.05, 4.69) is 16.4 Å². The summed E-state index contributed by atoms with van der Waals surface area (Å²) in [5.74, 6) is 0.301. The number of nitrogens with one attached hydrogen (secondary N) is 2. The quantitative estimate of drug-likeness (QED) is 0.752. The molecule has 0 aliphatic heterocycles. The number of pyridine rings is 1. The van der Waals surface area contributed by atoms with E-state index < -0.39 is 0 Å². The molecule has 2 N–H and O–H groups in total. The summed E-state index contributed by atoms with van der Waals surface area (Å²) in [6, 6.07) is 13.3. The molecule has 126 valence electrons. The van der Waals surface area contributed by atoms with Gasteiger partial charge in [0.1, 0.15) is 5.78 Å². The van der Waals surface area contributed by atoms with Crippen molar-refractivity contribution in [2.45, 2.75) is 25.8 Å². The second kappa shape index (κ2) is 6.37. The molecule has 0 radical (unpaired) electrons. The van der Waals surface area contributed by atoms with Crippen LogP contribution in [-0.4, -0.2) is 10.8 Å². The first kappa shape index (κ1) is 15.9. The molecule has 0 saturated carbocycles. The predicted octanol–water partition coefficient (Wildman–Crippen LogP) is 3.85. The Hall–Kier alpha value is -2.59. The minimum atomic E-state index is -0.106. The molecule has 25 heavy (non-hydrogen) atoms. The van der Waals surface area contributed by atoms with Crippen molar-refractivity contribution in [3.8, 4) is 0 Å². The minimum Gasteiger partial charge on any atom is -0.381 e. The molecule has 1 aromatic heterocycles. The first-order chi connectivity index (χ1) is 12.1. The highest BCUT2D eigenvalue weighted by atomic mass is 35.5. The van der Waals surface area contributed by atoms with E-state index in [9.17, 15) is 9.59 Å². The van der Waals surface area contributed by atoms with E-state index in [0.29, 0.717) is 35.8 Å². The van der Waals surface area contributed by atoms with Gasteiger partial charge in [-0.15, -0.1) is 0 Å². The molecule has 2 aromatic carbocycles. The van der Waals surface area contributed by atoms with Gasteiger partial charge in [0.15, 0.2) is 0 Å². The van der Waals surface area contributed by atoms with Gasteiger partial charge in [-0.2, -0.15) is 0 Å². The van der Waals surface area contributed by atoms with Crippen LogP contribution in [0.4, 0.5) is 5.69 Å². The monoisotopic (exact) mass is 352 g/mol. The third-order valence-corrected chi connectivity index (χ3v) is 4.87. The Morgan fingerprint density at radius 3 is 2.76 bits per heavy atom. The third-order valence-electron chi connectivity index (χ3n) is 4.63. The normalized spacial score (nSPS) is 13.7. The number of H-pyrrole nitrogens is 1. The van der Waals surface area contributed by atoms with Gasteiger partial charge in [-0.1, -0.05) is 17.7 Å². The van der Waals surface area contributed by atoms with Crippen LogP contribution in [0.2, 0.25) is 5.02 Å². The lowest BCUT2D eigenvalue weighted by Gasteiger charge is -2.16. The third kappa shape index (κ3) is 3.30. The number of carbonyl (C=O) groups excluding carboxylic acids is 1. The minimum absolute atomic E-state index is 0.106. The maximum absolute atomic E-state index is 12.2. The zero-order valence-electron chi connectivity index (χ0n) is 13.6. The molecule has 1 heterocycles. The summed E-state index contributed by atoms with van der Waals surface area (Å²) >= 11 is 6.03. The van der Waals surface area contributed by atoms with Crippen molar-refractivity contribution >= 4 is 34.0 Å². The van der Waals surface area contributed by atoms with E-state index in [4.69, 9.17) is 11.6 Å². The highest BCUT2D eigenvalue weighted by Gasteiger charge is 2.15. The molecule has 5 heteroatoms. The van der Waals surface area contributed by atoms with Crippen LogP contribution in [-0.2, 0) is 24.2 Å². The predicted molar refractivity (Wildman–Crippen MR) is 100 cm³/mol. The maximum atomic E-state index is 12.2. The molecule has 0 unspecified atom stereocenters. The number of carbonyl (C=O) groups is 1. The van der Waals surface area contributed by atoms with Crippen molar-refractivity contribution in [3.05, 3.63) is 74.5 Å². The maximum Gasteiger partial charge on any atom is 0.253 e. The van der Waals surface area contributed by atoms with Gasteiger partial charge in [0.2, 0.25) is 0 Å². The Kier molecular flexibility index (Phi) is 4.06. The molecular weight excluding hydrogens is 336 g/mol. The molecule has 0 atom stereocenters. The number of hydrogen-bond acceptors (Lipinski definition) is 3. The van der Waals surface area contributed by atoms with Gasteiger partial charge in [-0.05, 0) is 53.9 Å². The van der Waals surface area contributed by atoms with Crippen LogP contribution in [0.5, 0.6) is 0 Å². The molecule has 3 aromatic rings. The molecule has 0 saturated heterocycles. The fraction of sp³-hybridized carbons (Fsp3) is 0.200. The highest BCUT2D eigenvalue weighted by molar-refractivity contribution is 6.31. The first-order valence-corrected chi connectivity index (χ1v) is 8.65. The second-order valence-electron chi connectivity index (χ2n) is 6.41.